The van der Waals surface area contributed by atoms with Gasteiger partial charge in [0.1, 0.15) is 11.6 Å². The summed E-state index contributed by atoms with van der Waals surface area (Å²) >= 11 is 0. The maximum atomic E-state index is 13.5. The number of likely N-dealkylation sites (tertiary alicyclic amines) is 1. The summed E-state index contributed by atoms with van der Waals surface area (Å²) in [5.41, 5.74) is 4.13. The number of amides is 2. The van der Waals surface area contributed by atoms with Crippen LogP contribution < -0.4 is 5.32 Å². The minimum atomic E-state index is -0.937. The SMILES string of the molecule is CCCCN1C(=O)[C@H](CC(C)C)NC(=O)C12CCN(Cc1c(C)nn(-c3ccc(C(=O)O)c(C)c3)c1C)CC2. The number of piperazine rings is 1. The molecular weight excluding hydrogens is 494 g/mol. The summed E-state index contributed by atoms with van der Waals surface area (Å²) in [6.07, 6.45) is 3.76. The molecule has 1 aromatic heterocycles. The molecule has 2 aliphatic rings. The molecule has 2 saturated heterocycles. The van der Waals surface area contributed by atoms with Crippen LogP contribution in [0.15, 0.2) is 18.2 Å². The zero-order valence-electron chi connectivity index (χ0n) is 24.2. The maximum Gasteiger partial charge on any atom is 0.335 e. The Labute approximate surface area is 231 Å². The molecule has 2 amide bonds. The number of nitrogens with zero attached hydrogens (tertiary/aromatic N) is 4. The normalized spacial score (nSPS) is 19.7. The molecule has 0 bridgehead atoms. The number of carbonyl (C=O) groups is 3. The van der Waals surface area contributed by atoms with E-state index >= 15 is 0 Å². The molecule has 9 nitrogen and oxygen atoms in total. The van der Waals surface area contributed by atoms with Crippen LogP contribution in [0.2, 0.25) is 0 Å². The number of hydrogen-bond donors (Lipinski definition) is 2. The van der Waals surface area contributed by atoms with E-state index in [0.29, 0.717) is 56.9 Å². The van der Waals surface area contributed by atoms with E-state index in [1.54, 1.807) is 19.1 Å². The number of unbranched alkanes of at least 4 members (excludes halogenated alkanes) is 1. The van der Waals surface area contributed by atoms with Crippen LogP contribution in [0.5, 0.6) is 0 Å². The van der Waals surface area contributed by atoms with Gasteiger partial charge in [-0.2, -0.15) is 5.10 Å². The fraction of sp³-hybridized carbons (Fsp3) is 0.600. The van der Waals surface area contributed by atoms with Crippen molar-refractivity contribution in [2.24, 2.45) is 5.92 Å². The molecule has 0 aliphatic carbocycles. The molecule has 0 saturated carbocycles. The number of aromatic carboxylic acids is 1. The van der Waals surface area contributed by atoms with Crippen LogP contribution in [0.3, 0.4) is 0 Å². The van der Waals surface area contributed by atoms with Crippen molar-refractivity contribution in [3.05, 3.63) is 46.3 Å². The summed E-state index contributed by atoms with van der Waals surface area (Å²) in [7, 11) is 0. The Morgan fingerprint density at radius 2 is 1.87 bits per heavy atom. The van der Waals surface area contributed by atoms with E-state index in [9.17, 15) is 19.5 Å². The molecule has 2 fully saturated rings. The van der Waals surface area contributed by atoms with Crippen molar-refractivity contribution in [1.29, 1.82) is 0 Å². The quantitative estimate of drug-likeness (QED) is 0.501. The van der Waals surface area contributed by atoms with E-state index in [2.05, 4.69) is 31.0 Å². The number of carboxylic acids is 1. The van der Waals surface area contributed by atoms with Crippen LogP contribution in [0.4, 0.5) is 0 Å². The highest BCUT2D eigenvalue weighted by molar-refractivity contribution is 6.00. The lowest BCUT2D eigenvalue weighted by Crippen LogP contribution is -2.73. The van der Waals surface area contributed by atoms with Gasteiger partial charge in [-0.25, -0.2) is 9.48 Å². The summed E-state index contributed by atoms with van der Waals surface area (Å²) < 4.78 is 1.88. The molecule has 39 heavy (non-hydrogen) atoms. The summed E-state index contributed by atoms with van der Waals surface area (Å²) in [5.74, 6) is -0.533. The lowest BCUT2D eigenvalue weighted by atomic mass is 9.80. The number of carboxylic acid groups (broad SMARTS) is 1. The molecule has 3 heterocycles. The van der Waals surface area contributed by atoms with Crippen LogP contribution in [-0.4, -0.2) is 73.7 Å². The fourth-order valence-corrected chi connectivity index (χ4v) is 6.12. The fourth-order valence-electron chi connectivity index (χ4n) is 6.12. The van der Waals surface area contributed by atoms with Gasteiger partial charge < -0.3 is 15.3 Å². The van der Waals surface area contributed by atoms with Gasteiger partial charge in [0.25, 0.3) is 0 Å². The number of benzene rings is 1. The Morgan fingerprint density at radius 3 is 2.46 bits per heavy atom. The van der Waals surface area contributed by atoms with Gasteiger partial charge in [0.2, 0.25) is 11.8 Å². The smallest absolute Gasteiger partial charge is 0.335 e. The second kappa shape index (κ2) is 11.5. The highest BCUT2D eigenvalue weighted by Crippen LogP contribution is 2.35. The summed E-state index contributed by atoms with van der Waals surface area (Å²) in [5, 5.41) is 17.2. The average molecular weight is 538 g/mol. The predicted octanol–water partition coefficient (Wildman–Crippen LogP) is 4.00. The number of aromatic nitrogens is 2. The molecule has 1 aromatic carbocycles. The highest BCUT2D eigenvalue weighted by atomic mass is 16.4. The van der Waals surface area contributed by atoms with Crippen molar-refractivity contribution in [2.45, 2.75) is 91.8 Å². The Balaban J connectivity index is 1.50. The number of piperidine rings is 1. The van der Waals surface area contributed by atoms with Gasteiger partial charge in [-0.05, 0) is 76.1 Å². The van der Waals surface area contributed by atoms with Crippen molar-refractivity contribution in [2.75, 3.05) is 19.6 Å². The van der Waals surface area contributed by atoms with Crippen LogP contribution in [0.1, 0.15) is 85.7 Å². The third-order valence-corrected chi connectivity index (χ3v) is 8.44. The molecule has 9 heteroatoms. The van der Waals surface area contributed by atoms with Crippen molar-refractivity contribution in [3.8, 4) is 5.69 Å². The van der Waals surface area contributed by atoms with Gasteiger partial charge in [0.05, 0.1) is 16.9 Å². The van der Waals surface area contributed by atoms with E-state index in [4.69, 9.17) is 5.10 Å². The minimum absolute atomic E-state index is 0.00358. The monoisotopic (exact) mass is 537 g/mol. The Morgan fingerprint density at radius 1 is 1.18 bits per heavy atom. The van der Waals surface area contributed by atoms with Crippen LogP contribution in [0.25, 0.3) is 5.69 Å². The zero-order chi connectivity index (χ0) is 28.5. The Kier molecular flexibility index (Phi) is 8.49. The van der Waals surface area contributed by atoms with Crippen molar-refractivity contribution < 1.29 is 19.5 Å². The molecule has 4 rings (SSSR count). The largest absolute Gasteiger partial charge is 0.478 e. The predicted molar refractivity (Wildman–Crippen MR) is 150 cm³/mol. The summed E-state index contributed by atoms with van der Waals surface area (Å²) in [6.45, 7) is 14.9. The van der Waals surface area contributed by atoms with E-state index in [-0.39, 0.29) is 17.4 Å². The van der Waals surface area contributed by atoms with Gasteiger partial charge in [0, 0.05) is 37.4 Å². The van der Waals surface area contributed by atoms with Crippen LogP contribution in [0, 0.1) is 26.7 Å². The molecule has 0 radical (unpaired) electrons. The lowest BCUT2D eigenvalue weighted by molar-refractivity contribution is -0.161. The molecule has 1 atom stereocenters. The molecule has 2 aromatic rings. The first-order chi connectivity index (χ1) is 18.5. The van der Waals surface area contributed by atoms with Gasteiger partial charge in [-0.3, -0.25) is 14.5 Å². The molecular formula is C30H43N5O4. The van der Waals surface area contributed by atoms with Gasteiger partial charge in [0.15, 0.2) is 0 Å². The number of carbonyl (C=O) groups excluding carboxylic acids is 2. The first kappa shape index (κ1) is 28.8. The highest BCUT2D eigenvalue weighted by Gasteiger charge is 2.53. The minimum Gasteiger partial charge on any atom is -0.478 e. The maximum absolute atomic E-state index is 13.5. The summed E-state index contributed by atoms with van der Waals surface area (Å²) in [4.78, 5) is 42.7. The summed E-state index contributed by atoms with van der Waals surface area (Å²) in [6, 6.07) is 4.84. The molecule has 212 valence electrons. The first-order valence-electron chi connectivity index (χ1n) is 14.2. The van der Waals surface area contributed by atoms with Gasteiger partial charge >= 0.3 is 5.97 Å². The second-order valence-electron chi connectivity index (χ2n) is 11.7. The molecule has 2 N–H and O–H groups in total. The van der Waals surface area contributed by atoms with Gasteiger partial charge in [-0.1, -0.05) is 27.2 Å². The average Bonchev–Trinajstić information content (AvgIpc) is 3.16. The molecule has 1 spiro atoms. The molecule has 2 aliphatic heterocycles. The number of hydrogen-bond acceptors (Lipinski definition) is 5. The van der Waals surface area contributed by atoms with Crippen molar-refractivity contribution >= 4 is 17.8 Å². The Bertz CT molecular complexity index is 1240. The number of rotatable bonds is 9. The van der Waals surface area contributed by atoms with E-state index in [1.165, 1.54) is 0 Å². The van der Waals surface area contributed by atoms with Crippen LogP contribution >= 0.6 is 0 Å². The number of nitrogens with one attached hydrogen (secondary N) is 1. The molecule has 0 unspecified atom stereocenters. The number of aryl methyl sites for hydroxylation is 2. The topological polar surface area (TPSA) is 108 Å². The van der Waals surface area contributed by atoms with E-state index in [0.717, 1.165) is 35.5 Å². The Hall–Kier alpha value is -3.20. The van der Waals surface area contributed by atoms with Crippen LogP contribution in [-0.2, 0) is 16.1 Å². The van der Waals surface area contributed by atoms with Crippen molar-refractivity contribution in [1.82, 2.24) is 24.9 Å². The first-order valence-corrected chi connectivity index (χ1v) is 14.2. The third-order valence-electron chi connectivity index (χ3n) is 8.44. The third kappa shape index (κ3) is 5.60. The lowest BCUT2D eigenvalue weighted by Gasteiger charge is -2.52. The van der Waals surface area contributed by atoms with Crippen molar-refractivity contribution in [3.63, 3.8) is 0 Å². The van der Waals surface area contributed by atoms with Gasteiger partial charge in [-0.15, -0.1) is 0 Å². The standard InChI is InChI=1S/C30H43N5O4/c1-7-8-13-34-27(36)26(16-19(2)3)31-29(39)30(34)11-14-33(15-12-30)18-25-21(5)32-35(22(25)6)23-9-10-24(28(37)38)20(4)17-23/h9-10,17,19,26H,7-8,11-16,18H2,1-6H3,(H,31,39)(H,37,38)/t26-/m0/s1. The zero-order valence-corrected chi connectivity index (χ0v) is 24.2. The second-order valence-corrected chi connectivity index (χ2v) is 11.7. The van der Waals surface area contributed by atoms with E-state index in [1.807, 2.05) is 29.5 Å². The van der Waals surface area contributed by atoms with E-state index < -0.39 is 17.6 Å².